The van der Waals surface area contributed by atoms with Gasteiger partial charge in [-0.2, -0.15) is 0 Å². The maximum Gasteiger partial charge on any atom is 0.329 e. The molecule has 21 heavy (non-hydrogen) atoms. The molecule has 7 heteroatoms. The van der Waals surface area contributed by atoms with Crippen LogP contribution in [0.25, 0.3) is 0 Å². The van der Waals surface area contributed by atoms with Crippen LogP contribution in [-0.2, 0) is 9.53 Å². The lowest BCUT2D eigenvalue weighted by molar-refractivity contribution is -0.160. The number of carboxylic acid groups (broad SMARTS) is 1. The fraction of sp³-hybridized carbons (Fsp3) is 0.857. The van der Waals surface area contributed by atoms with Crippen LogP contribution in [0.3, 0.4) is 0 Å². The van der Waals surface area contributed by atoms with E-state index in [0.717, 1.165) is 13.1 Å². The van der Waals surface area contributed by atoms with Crippen molar-refractivity contribution in [1.82, 2.24) is 14.7 Å². The highest BCUT2D eigenvalue weighted by atomic mass is 16.5. The molecule has 7 nitrogen and oxygen atoms in total. The van der Waals surface area contributed by atoms with Crippen LogP contribution >= 0.6 is 0 Å². The van der Waals surface area contributed by atoms with E-state index in [9.17, 15) is 9.59 Å². The van der Waals surface area contributed by atoms with Gasteiger partial charge in [0, 0.05) is 19.1 Å². The molecular weight excluding hydrogens is 274 g/mol. The fourth-order valence-electron chi connectivity index (χ4n) is 3.20. The molecule has 0 aromatic carbocycles. The number of hydrogen-bond donors (Lipinski definition) is 1. The number of rotatable bonds is 4. The van der Waals surface area contributed by atoms with Gasteiger partial charge in [-0.05, 0) is 26.9 Å². The molecule has 0 spiro atoms. The van der Waals surface area contributed by atoms with Gasteiger partial charge in [0.05, 0.1) is 13.1 Å². The molecule has 0 aliphatic carbocycles. The molecule has 0 aromatic rings. The van der Waals surface area contributed by atoms with Crippen LogP contribution < -0.4 is 0 Å². The SMILES string of the molecule is CC1CN(C(=O)N2CC(C)(OCC(=O)O)C2)CC1N(C)C. The molecule has 2 heterocycles. The second-order valence-corrected chi connectivity index (χ2v) is 6.68. The van der Waals surface area contributed by atoms with E-state index in [1.54, 1.807) is 4.90 Å². The molecule has 2 saturated heterocycles. The minimum Gasteiger partial charge on any atom is -0.480 e. The first-order valence-electron chi connectivity index (χ1n) is 7.28. The van der Waals surface area contributed by atoms with Crippen LogP contribution in [0.1, 0.15) is 13.8 Å². The number of aliphatic carboxylic acids is 1. The van der Waals surface area contributed by atoms with Crippen LogP contribution in [0, 0.1) is 5.92 Å². The number of carboxylic acids is 1. The number of likely N-dealkylation sites (tertiary alicyclic amines) is 2. The zero-order valence-electron chi connectivity index (χ0n) is 13.2. The second-order valence-electron chi connectivity index (χ2n) is 6.68. The second kappa shape index (κ2) is 5.81. The molecule has 0 aromatic heterocycles. The lowest BCUT2D eigenvalue weighted by Crippen LogP contribution is -2.65. The van der Waals surface area contributed by atoms with E-state index in [1.165, 1.54) is 0 Å². The smallest absolute Gasteiger partial charge is 0.329 e. The van der Waals surface area contributed by atoms with Crippen molar-refractivity contribution in [3.63, 3.8) is 0 Å². The van der Waals surface area contributed by atoms with Crippen molar-refractivity contribution in [2.75, 3.05) is 46.9 Å². The van der Waals surface area contributed by atoms with Gasteiger partial charge < -0.3 is 24.5 Å². The van der Waals surface area contributed by atoms with Crippen molar-refractivity contribution in [3.05, 3.63) is 0 Å². The zero-order valence-corrected chi connectivity index (χ0v) is 13.2. The van der Waals surface area contributed by atoms with Gasteiger partial charge in [-0.15, -0.1) is 0 Å². The van der Waals surface area contributed by atoms with Crippen molar-refractivity contribution in [2.24, 2.45) is 5.92 Å². The van der Waals surface area contributed by atoms with Crippen molar-refractivity contribution in [3.8, 4) is 0 Å². The minimum atomic E-state index is -0.983. The summed E-state index contributed by atoms with van der Waals surface area (Å²) in [5.74, 6) is -0.525. The maximum atomic E-state index is 12.4. The Kier molecular flexibility index (Phi) is 4.43. The molecule has 2 aliphatic heterocycles. The average molecular weight is 299 g/mol. The number of carbonyl (C=O) groups is 2. The van der Waals surface area contributed by atoms with E-state index in [4.69, 9.17) is 9.84 Å². The highest BCUT2D eigenvalue weighted by Crippen LogP contribution is 2.28. The predicted molar refractivity (Wildman–Crippen MR) is 77.2 cm³/mol. The van der Waals surface area contributed by atoms with E-state index < -0.39 is 11.6 Å². The molecule has 2 fully saturated rings. The van der Waals surface area contributed by atoms with E-state index in [2.05, 4.69) is 11.8 Å². The Balaban J connectivity index is 1.83. The molecule has 120 valence electrons. The van der Waals surface area contributed by atoms with Crippen LogP contribution in [-0.4, -0.2) is 90.3 Å². The third kappa shape index (κ3) is 3.47. The summed E-state index contributed by atoms with van der Waals surface area (Å²) in [5.41, 5.74) is -0.527. The molecule has 0 saturated carbocycles. The highest BCUT2D eigenvalue weighted by Gasteiger charge is 2.45. The topological polar surface area (TPSA) is 73.3 Å². The minimum absolute atomic E-state index is 0.0302. The number of amides is 2. The number of hydrogen-bond acceptors (Lipinski definition) is 4. The molecule has 2 unspecified atom stereocenters. The number of nitrogens with zero attached hydrogens (tertiary/aromatic N) is 3. The van der Waals surface area contributed by atoms with Gasteiger partial charge in [0.1, 0.15) is 12.2 Å². The van der Waals surface area contributed by atoms with E-state index in [1.807, 2.05) is 25.9 Å². The first kappa shape index (κ1) is 16.0. The van der Waals surface area contributed by atoms with Gasteiger partial charge in [-0.3, -0.25) is 0 Å². The first-order chi connectivity index (χ1) is 9.72. The van der Waals surface area contributed by atoms with Gasteiger partial charge in [0.2, 0.25) is 0 Å². The average Bonchev–Trinajstić information content (AvgIpc) is 2.74. The van der Waals surface area contributed by atoms with Crippen LogP contribution in [0.4, 0.5) is 4.79 Å². The highest BCUT2D eigenvalue weighted by molar-refractivity contribution is 5.76. The summed E-state index contributed by atoms with van der Waals surface area (Å²) < 4.78 is 5.33. The molecular formula is C14H25N3O4. The molecule has 2 aliphatic rings. The quantitative estimate of drug-likeness (QED) is 0.801. The normalized spacial score (nSPS) is 27.9. The molecule has 2 amide bonds. The number of likely N-dealkylation sites (N-methyl/N-ethyl adjacent to an activating group) is 1. The number of urea groups is 1. The largest absolute Gasteiger partial charge is 0.480 e. The van der Waals surface area contributed by atoms with Gasteiger partial charge in [-0.25, -0.2) is 9.59 Å². The Morgan fingerprint density at radius 2 is 1.90 bits per heavy atom. The standard InChI is InChI=1S/C14H25N3O4/c1-10-5-16(6-11(10)15(3)4)13(20)17-8-14(2,9-17)21-7-12(18)19/h10-11H,5-9H2,1-4H3,(H,18,19). The Morgan fingerprint density at radius 3 is 2.38 bits per heavy atom. The van der Waals surface area contributed by atoms with Gasteiger partial charge >= 0.3 is 12.0 Å². The number of ether oxygens (including phenoxy) is 1. The third-order valence-electron chi connectivity index (χ3n) is 4.37. The molecule has 2 atom stereocenters. The lowest BCUT2D eigenvalue weighted by Gasteiger charge is -2.48. The summed E-state index contributed by atoms with van der Waals surface area (Å²) >= 11 is 0. The van der Waals surface area contributed by atoms with E-state index >= 15 is 0 Å². The van der Waals surface area contributed by atoms with Gasteiger partial charge in [0.15, 0.2) is 0 Å². The molecule has 0 radical (unpaired) electrons. The van der Waals surface area contributed by atoms with Crippen molar-refractivity contribution in [1.29, 1.82) is 0 Å². The fourth-order valence-corrected chi connectivity index (χ4v) is 3.20. The number of carbonyl (C=O) groups excluding carboxylic acids is 1. The van der Waals surface area contributed by atoms with Crippen molar-refractivity contribution in [2.45, 2.75) is 25.5 Å². The molecule has 0 bridgehead atoms. The molecule has 1 N–H and O–H groups in total. The summed E-state index contributed by atoms with van der Waals surface area (Å²) in [4.78, 5) is 28.7. The third-order valence-corrected chi connectivity index (χ3v) is 4.37. The summed E-state index contributed by atoms with van der Waals surface area (Å²) in [7, 11) is 4.07. The summed E-state index contributed by atoms with van der Waals surface area (Å²) in [6.45, 7) is 6.11. The van der Waals surface area contributed by atoms with Crippen LogP contribution in [0.2, 0.25) is 0 Å². The van der Waals surface area contributed by atoms with E-state index in [-0.39, 0.29) is 12.6 Å². The zero-order chi connectivity index (χ0) is 15.8. The Morgan fingerprint density at radius 1 is 1.29 bits per heavy atom. The monoisotopic (exact) mass is 299 g/mol. The van der Waals surface area contributed by atoms with E-state index in [0.29, 0.717) is 25.0 Å². The summed E-state index contributed by atoms with van der Waals surface area (Å²) in [6.07, 6.45) is 0. The first-order valence-corrected chi connectivity index (χ1v) is 7.28. The Labute approximate surface area is 125 Å². The van der Waals surface area contributed by atoms with Gasteiger partial charge in [-0.1, -0.05) is 6.92 Å². The van der Waals surface area contributed by atoms with Crippen LogP contribution in [0.15, 0.2) is 0 Å². The van der Waals surface area contributed by atoms with Crippen LogP contribution in [0.5, 0.6) is 0 Å². The van der Waals surface area contributed by atoms with Crippen molar-refractivity contribution < 1.29 is 19.4 Å². The summed E-state index contributed by atoms with van der Waals surface area (Å²) in [5, 5.41) is 8.64. The summed E-state index contributed by atoms with van der Waals surface area (Å²) in [6, 6.07) is 0.424. The molecule has 2 rings (SSSR count). The van der Waals surface area contributed by atoms with Gasteiger partial charge in [0.25, 0.3) is 0 Å². The maximum absolute atomic E-state index is 12.4. The lowest BCUT2D eigenvalue weighted by atomic mass is 9.97. The predicted octanol–water partition coefficient (Wildman–Crippen LogP) is 0.164. The Hall–Kier alpha value is -1.34. The Bertz CT molecular complexity index is 420. The van der Waals surface area contributed by atoms with Crippen molar-refractivity contribution >= 4 is 12.0 Å².